The summed E-state index contributed by atoms with van der Waals surface area (Å²) in [6.07, 6.45) is 11.0. The number of Topliss-reactive ketones (excluding diaryl/α,β-unsaturated/α-hetero) is 1. The highest BCUT2D eigenvalue weighted by molar-refractivity contribution is 6.38. The predicted molar refractivity (Wildman–Crippen MR) is 202 cm³/mol. The Labute approximate surface area is 317 Å². The molecule has 0 saturated heterocycles. The maximum absolute atomic E-state index is 14.1. The number of aryl methyl sites for hydroxylation is 1. The number of carbonyl (C=O) groups is 7. The molecule has 5 amide bonds. The summed E-state index contributed by atoms with van der Waals surface area (Å²) in [5.41, 5.74) is 2.25. The van der Waals surface area contributed by atoms with Crippen molar-refractivity contribution in [1.29, 1.82) is 0 Å². The highest BCUT2D eigenvalue weighted by Crippen LogP contribution is 2.27. The third-order valence-corrected chi connectivity index (χ3v) is 10.2. The molecule has 1 saturated carbocycles. The van der Waals surface area contributed by atoms with Crippen molar-refractivity contribution in [3.8, 4) is 0 Å². The Bertz CT molecular complexity index is 1610. The van der Waals surface area contributed by atoms with Crippen LogP contribution in [0.2, 0.25) is 0 Å². The van der Waals surface area contributed by atoms with E-state index in [1.54, 1.807) is 37.3 Å². The molecular weight excluding hydrogens is 690 g/mol. The number of carboxylic acid groups (broad SMARTS) is 1. The predicted octanol–water partition coefficient (Wildman–Crippen LogP) is 3.59. The summed E-state index contributed by atoms with van der Waals surface area (Å²) in [4.78, 5) is 92.0. The smallest absolute Gasteiger partial charge is 0.330 e. The number of hydrogen-bond acceptors (Lipinski definition) is 7. The summed E-state index contributed by atoms with van der Waals surface area (Å²) < 4.78 is 0. The Balaban J connectivity index is 1.50. The van der Waals surface area contributed by atoms with Crippen LogP contribution in [0.25, 0.3) is 0 Å². The van der Waals surface area contributed by atoms with E-state index in [4.69, 9.17) is 0 Å². The Morgan fingerprint density at radius 3 is 2.17 bits per heavy atom. The lowest BCUT2D eigenvalue weighted by atomic mass is 9.83. The molecule has 54 heavy (non-hydrogen) atoms. The highest BCUT2D eigenvalue weighted by Gasteiger charge is 2.35. The summed E-state index contributed by atoms with van der Waals surface area (Å²) in [6, 6.07) is 11.3. The molecule has 0 unspecified atom stereocenters. The van der Waals surface area contributed by atoms with Gasteiger partial charge in [-0.2, -0.15) is 0 Å². The SMILES string of the molecule is CCC[C@H](NC(=O)[C@@H]1Cc2cccc(c2)CCCCCCCC(=O)N[C@@H](C2CCCCC2)C(=O)N1)C(=O)C(=O)NCC(=O)N[C@@H](C(=O)O)c1ccccc1. The summed E-state index contributed by atoms with van der Waals surface area (Å²) in [7, 11) is 0. The number of fused-ring (bicyclic) bond motifs is 2. The quantitative estimate of drug-likeness (QED) is 0.177. The average molecular weight is 746 g/mol. The molecular formula is C41H55N5O8. The molecule has 13 heteroatoms. The molecule has 2 aromatic carbocycles. The number of carboxylic acids is 1. The van der Waals surface area contributed by atoms with E-state index in [-0.39, 0.29) is 24.7 Å². The Morgan fingerprint density at radius 2 is 1.46 bits per heavy atom. The molecule has 292 valence electrons. The topological polar surface area (TPSA) is 200 Å². The summed E-state index contributed by atoms with van der Waals surface area (Å²) >= 11 is 0. The largest absolute Gasteiger partial charge is 0.479 e. The molecule has 1 fully saturated rings. The van der Waals surface area contributed by atoms with E-state index >= 15 is 0 Å². The van der Waals surface area contributed by atoms with E-state index in [0.29, 0.717) is 18.4 Å². The number of rotatable bonds is 12. The summed E-state index contributed by atoms with van der Waals surface area (Å²) in [5.74, 6) is -5.63. The van der Waals surface area contributed by atoms with Crippen molar-refractivity contribution in [2.45, 2.75) is 127 Å². The van der Waals surface area contributed by atoms with E-state index < -0.39 is 66.1 Å². The van der Waals surface area contributed by atoms with Crippen LogP contribution in [0.4, 0.5) is 0 Å². The lowest BCUT2D eigenvalue weighted by Gasteiger charge is -2.31. The van der Waals surface area contributed by atoms with Crippen molar-refractivity contribution in [1.82, 2.24) is 26.6 Å². The van der Waals surface area contributed by atoms with Crippen LogP contribution < -0.4 is 26.6 Å². The van der Waals surface area contributed by atoms with Gasteiger partial charge in [0.15, 0.2) is 6.04 Å². The molecule has 0 radical (unpaired) electrons. The molecule has 6 N–H and O–H groups in total. The maximum Gasteiger partial charge on any atom is 0.330 e. The van der Waals surface area contributed by atoms with Crippen molar-refractivity contribution in [3.05, 3.63) is 71.3 Å². The molecule has 0 spiro atoms. The van der Waals surface area contributed by atoms with Crippen molar-refractivity contribution < 1.29 is 38.7 Å². The number of ketones is 1. The van der Waals surface area contributed by atoms with Gasteiger partial charge >= 0.3 is 5.97 Å². The van der Waals surface area contributed by atoms with E-state index in [2.05, 4.69) is 26.6 Å². The van der Waals surface area contributed by atoms with Crippen LogP contribution in [0.5, 0.6) is 0 Å². The third kappa shape index (κ3) is 13.1. The third-order valence-electron chi connectivity index (χ3n) is 10.2. The first kappa shape index (κ1) is 41.7. The van der Waals surface area contributed by atoms with Crippen LogP contribution >= 0.6 is 0 Å². The first-order valence-corrected chi connectivity index (χ1v) is 19.4. The Hall–Kier alpha value is -5.07. The lowest BCUT2D eigenvalue weighted by Crippen LogP contribution is -2.59. The zero-order valence-electron chi connectivity index (χ0n) is 31.2. The van der Waals surface area contributed by atoms with Gasteiger partial charge in [0.25, 0.3) is 5.91 Å². The van der Waals surface area contributed by atoms with E-state index in [1.807, 2.05) is 24.3 Å². The van der Waals surface area contributed by atoms with Crippen LogP contribution in [0.15, 0.2) is 54.6 Å². The standard InChI is InChI=1S/C41H55N5O8/c1-2-15-31(37(49)40(52)42-26-34(48)46-36(41(53)54)30-21-11-7-12-22-30)43-38(50)32-25-28-18-14-17-27(24-28)16-8-4-3-5-13-23-33(47)45-35(39(51)44-32)29-19-9-6-10-20-29/h7,11-12,14,17-18,21-22,24,29,31-32,35-36H,2-6,8-10,13,15-16,19-20,23,25-26H2,1H3,(H,42,52)(H,43,50)(H,44,51)(H,45,47)(H,46,48)(H,53,54)/t31-,32-,35-,36+/m0/s1. The van der Waals surface area contributed by atoms with Crippen LogP contribution in [-0.2, 0) is 46.4 Å². The van der Waals surface area contributed by atoms with Gasteiger partial charge in [0.1, 0.15) is 12.1 Å². The van der Waals surface area contributed by atoms with Crippen LogP contribution in [0, 0.1) is 5.92 Å². The maximum atomic E-state index is 14.1. The number of benzene rings is 2. The van der Waals surface area contributed by atoms with Gasteiger partial charge in [-0.15, -0.1) is 0 Å². The first-order chi connectivity index (χ1) is 26.0. The van der Waals surface area contributed by atoms with Gasteiger partial charge in [0.05, 0.1) is 12.6 Å². The number of nitrogens with one attached hydrogen (secondary N) is 5. The minimum Gasteiger partial charge on any atom is -0.479 e. The second-order valence-corrected chi connectivity index (χ2v) is 14.4. The molecule has 0 aromatic heterocycles. The number of amides is 5. The highest BCUT2D eigenvalue weighted by atomic mass is 16.4. The van der Waals surface area contributed by atoms with E-state index in [1.165, 1.54) is 0 Å². The lowest BCUT2D eigenvalue weighted by molar-refractivity contribution is -0.142. The molecule has 4 atom stereocenters. The normalized spacial score (nSPS) is 20.2. The minimum atomic E-state index is -1.36. The fourth-order valence-electron chi connectivity index (χ4n) is 7.26. The number of aliphatic carboxylic acids is 1. The monoisotopic (exact) mass is 745 g/mol. The molecule has 2 aliphatic rings. The van der Waals surface area contributed by atoms with E-state index in [0.717, 1.165) is 81.8 Å². The minimum absolute atomic E-state index is 0.0781. The van der Waals surface area contributed by atoms with E-state index in [9.17, 15) is 38.7 Å². The van der Waals surface area contributed by atoms with Crippen molar-refractivity contribution >= 4 is 41.3 Å². The van der Waals surface area contributed by atoms with Gasteiger partial charge < -0.3 is 31.7 Å². The zero-order chi connectivity index (χ0) is 38.9. The zero-order valence-corrected chi connectivity index (χ0v) is 31.2. The molecule has 2 bridgehead atoms. The van der Waals surface area contributed by atoms with Crippen molar-refractivity contribution in [2.24, 2.45) is 5.92 Å². The fraction of sp³-hybridized carbons (Fsp3) is 0.537. The summed E-state index contributed by atoms with van der Waals surface area (Å²) in [5, 5.41) is 22.8. The van der Waals surface area contributed by atoms with Crippen molar-refractivity contribution in [2.75, 3.05) is 6.54 Å². The van der Waals surface area contributed by atoms with Gasteiger partial charge in [-0.05, 0) is 61.1 Å². The van der Waals surface area contributed by atoms with Crippen LogP contribution in [0.3, 0.4) is 0 Å². The van der Waals surface area contributed by atoms with Gasteiger partial charge in [-0.3, -0.25) is 28.8 Å². The van der Waals surface area contributed by atoms with Crippen molar-refractivity contribution in [3.63, 3.8) is 0 Å². The first-order valence-electron chi connectivity index (χ1n) is 19.4. The second-order valence-electron chi connectivity index (χ2n) is 14.4. The molecule has 2 aromatic rings. The molecule has 1 aliphatic heterocycles. The van der Waals surface area contributed by atoms with Gasteiger partial charge in [0.2, 0.25) is 29.4 Å². The average Bonchev–Trinajstić information content (AvgIpc) is 3.17. The number of carbonyl (C=O) groups excluding carboxylic acids is 6. The summed E-state index contributed by atoms with van der Waals surface area (Å²) in [6.45, 7) is 1.12. The fourth-order valence-corrected chi connectivity index (χ4v) is 7.26. The van der Waals surface area contributed by atoms with Gasteiger partial charge in [-0.25, -0.2) is 4.79 Å². The van der Waals surface area contributed by atoms with Crippen LogP contribution in [-0.4, -0.2) is 71.1 Å². The van der Waals surface area contributed by atoms with Gasteiger partial charge in [-0.1, -0.05) is 106 Å². The van der Waals surface area contributed by atoms with Gasteiger partial charge in [0, 0.05) is 12.8 Å². The Kier molecular flexibility index (Phi) is 16.7. The molecule has 1 aliphatic carbocycles. The number of hydrogen-bond donors (Lipinski definition) is 6. The Morgan fingerprint density at radius 1 is 0.796 bits per heavy atom. The second kappa shape index (κ2) is 21.6. The molecule has 4 rings (SSSR count). The molecule has 13 nitrogen and oxygen atoms in total. The van der Waals surface area contributed by atoms with Crippen LogP contribution in [0.1, 0.15) is 113 Å². The molecule has 1 heterocycles.